The van der Waals surface area contributed by atoms with Crippen LogP contribution in [0.5, 0.6) is 0 Å². The van der Waals surface area contributed by atoms with Crippen molar-refractivity contribution in [3.05, 3.63) is 22.7 Å². The number of nitrogens with zero attached hydrogens (tertiary/aromatic N) is 1. The number of anilines is 2. The summed E-state index contributed by atoms with van der Waals surface area (Å²) >= 11 is 3.45. The van der Waals surface area contributed by atoms with Gasteiger partial charge < -0.3 is 10.6 Å². The Morgan fingerprint density at radius 1 is 1.47 bits per heavy atom. The van der Waals surface area contributed by atoms with E-state index in [1.54, 1.807) is 0 Å². The first kappa shape index (κ1) is 12.7. The van der Waals surface area contributed by atoms with Gasteiger partial charge in [-0.25, -0.2) is 8.42 Å². The van der Waals surface area contributed by atoms with Crippen molar-refractivity contribution in [1.29, 1.82) is 0 Å². The molecule has 0 spiro atoms. The lowest BCUT2D eigenvalue weighted by atomic mass is 10.2. The van der Waals surface area contributed by atoms with Crippen LogP contribution in [0.25, 0.3) is 0 Å². The molecular weight excluding hydrogens is 304 g/mol. The maximum absolute atomic E-state index is 11.5. The van der Waals surface area contributed by atoms with Gasteiger partial charge in [0, 0.05) is 23.2 Å². The Balaban J connectivity index is 2.23. The third-order valence-corrected chi connectivity index (χ3v) is 5.49. The van der Waals surface area contributed by atoms with Crippen LogP contribution in [0, 0.1) is 0 Å². The van der Waals surface area contributed by atoms with Crippen LogP contribution in [0.2, 0.25) is 0 Å². The molecule has 1 unspecified atom stereocenters. The number of sulfone groups is 1. The quantitative estimate of drug-likeness (QED) is 0.842. The molecule has 0 aliphatic carbocycles. The number of hydrogen-bond donors (Lipinski definition) is 1. The van der Waals surface area contributed by atoms with Crippen LogP contribution in [0.4, 0.5) is 11.4 Å². The molecule has 4 nitrogen and oxygen atoms in total. The summed E-state index contributed by atoms with van der Waals surface area (Å²) in [5.41, 5.74) is 7.34. The van der Waals surface area contributed by atoms with Gasteiger partial charge in [0.05, 0.1) is 17.2 Å². The van der Waals surface area contributed by atoms with Gasteiger partial charge in [-0.15, -0.1) is 0 Å². The molecule has 1 atom stereocenters. The molecule has 1 aromatic rings. The number of hydrogen-bond acceptors (Lipinski definition) is 4. The van der Waals surface area contributed by atoms with Gasteiger partial charge in [0.25, 0.3) is 0 Å². The van der Waals surface area contributed by atoms with Crippen LogP contribution in [0.15, 0.2) is 22.7 Å². The van der Waals surface area contributed by atoms with Crippen molar-refractivity contribution in [3.63, 3.8) is 0 Å². The first-order valence-electron chi connectivity index (χ1n) is 5.37. The van der Waals surface area contributed by atoms with Crippen LogP contribution in [0.1, 0.15) is 6.42 Å². The van der Waals surface area contributed by atoms with Crippen molar-refractivity contribution in [1.82, 2.24) is 0 Å². The Labute approximate surface area is 110 Å². The van der Waals surface area contributed by atoms with Gasteiger partial charge in [0.2, 0.25) is 0 Å². The summed E-state index contributed by atoms with van der Waals surface area (Å²) in [6.45, 7) is 0. The van der Waals surface area contributed by atoms with Gasteiger partial charge in [0.1, 0.15) is 0 Å². The number of rotatable bonds is 2. The van der Waals surface area contributed by atoms with Crippen molar-refractivity contribution in [2.75, 3.05) is 29.2 Å². The fourth-order valence-corrected chi connectivity index (χ4v) is 4.54. The van der Waals surface area contributed by atoms with E-state index in [1.807, 2.05) is 30.1 Å². The molecule has 6 heteroatoms. The van der Waals surface area contributed by atoms with Gasteiger partial charge in [-0.05, 0) is 40.5 Å². The number of benzene rings is 1. The molecule has 0 bridgehead atoms. The van der Waals surface area contributed by atoms with E-state index in [4.69, 9.17) is 5.73 Å². The SMILES string of the molecule is CN(c1ccc(N)cc1Br)C1CCS(=O)(=O)C1. The van der Waals surface area contributed by atoms with Crippen LogP contribution in [0.3, 0.4) is 0 Å². The van der Waals surface area contributed by atoms with E-state index in [0.717, 1.165) is 10.2 Å². The fourth-order valence-electron chi connectivity index (χ4n) is 2.09. The second-order valence-corrected chi connectivity index (χ2v) is 7.46. The molecule has 1 aliphatic heterocycles. The molecular formula is C11H15BrN2O2S. The highest BCUT2D eigenvalue weighted by Gasteiger charge is 2.31. The van der Waals surface area contributed by atoms with Gasteiger partial charge >= 0.3 is 0 Å². The predicted octanol–water partition coefficient (Wildman–Crippen LogP) is 1.65. The topological polar surface area (TPSA) is 63.4 Å². The zero-order valence-electron chi connectivity index (χ0n) is 9.56. The molecule has 1 aromatic carbocycles. The van der Waals surface area contributed by atoms with E-state index < -0.39 is 9.84 Å². The Kier molecular flexibility index (Phi) is 3.36. The molecule has 94 valence electrons. The summed E-state index contributed by atoms with van der Waals surface area (Å²) < 4.78 is 23.8. The molecule has 0 saturated carbocycles. The van der Waals surface area contributed by atoms with Gasteiger partial charge in [0.15, 0.2) is 9.84 Å². The molecule has 1 saturated heterocycles. The van der Waals surface area contributed by atoms with E-state index >= 15 is 0 Å². The van der Waals surface area contributed by atoms with Crippen LogP contribution in [-0.2, 0) is 9.84 Å². The van der Waals surface area contributed by atoms with Crippen molar-refractivity contribution in [3.8, 4) is 0 Å². The maximum Gasteiger partial charge on any atom is 0.152 e. The molecule has 2 N–H and O–H groups in total. The minimum Gasteiger partial charge on any atom is -0.399 e. The van der Waals surface area contributed by atoms with Gasteiger partial charge in [-0.3, -0.25) is 0 Å². The van der Waals surface area contributed by atoms with Crippen LogP contribution < -0.4 is 10.6 Å². The molecule has 1 heterocycles. The lowest BCUT2D eigenvalue weighted by Crippen LogP contribution is -2.32. The first-order valence-corrected chi connectivity index (χ1v) is 7.99. The Morgan fingerprint density at radius 3 is 2.71 bits per heavy atom. The van der Waals surface area contributed by atoms with E-state index in [2.05, 4.69) is 15.9 Å². The highest BCUT2D eigenvalue weighted by Crippen LogP contribution is 2.31. The summed E-state index contributed by atoms with van der Waals surface area (Å²) in [4.78, 5) is 2.01. The Hall–Kier alpha value is -0.750. The van der Waals surface area contributed by atoms with E-state index in [-0.39, 0.29) is 17.5 Å². The van der Waals surface area contributed by atoms with E-state index in [0.29, 0.717) is 12.1 Å². The van der Waals surface area contributed by atoms with E-state index in [9.17, 15) is 8.42 Å². The molecule has 17 heavy (non-hydrogen) atoms. The summed E-state index contributed by atoms with van der Waals surface area (Å²) in [6, 6.07) is 5.61. The van der Waals surface area contributed by atoms with Crippen LogP contribution in [-0.4, -0.2) is 33.0 Å². The molecule has 0 aromatic heterocycles. The fraction of sp³-hybridized carbons (Fsp3) is 0.455. The molecule has 2 rings (SSSR count). The minimum atomic E-state index is -2.85. The average Bonchev–Trinajstić information content (AvgIpc) is 2.58. The highest BCUT2D eigenvalue weighted by molar-refractivity contribution is 9.10. The minimum absolute atomic E-state index is 0.0555. The maximum atomic E-state index is 11.5. The number of halogens is 1. The van der Waals surface area contributed by atoms with Crippen LogP contribution >= 0.6 is 15.9 Å². The normalized spacial score (nSPS) is 22.6. The zero-order chi connectivity index (χ0) is 12.6. The lowest BCUT2D eigenvalue weighted by molar-refractivity contribution is 0.601. The summed E-state index contributed by atoms with van der Waals surface area (Å²) in [5.74, 6) is 0.523. The highest BCUT2D eigenvalue weighted by atomic mass is 79.9. The second kappa shape index (κ2) is 4.49. The first-order chi connectivity index (χ1) is 7.89. The Morgan fingerprint density at radius 2 is 2.18 bits per heavy atom. The molecule has 1 fully saturated rings. The predicted molar refractivity (Wildman–Crippen MR) is 74.0 cm³/mol. The summed E-state index contributed by atoms with van der Waals surface area (Å²) in [5, 5.41) is 0. The standard InChI is InChI=1S/C11H15BrN2O2S/c1-14(9-4-5-17(15,16)7-9)11-3-2-8(13)6-10(11)12/h2-3,6,9H,4-5,7,13H2,1H3. The third kappa shape index (κ3) is 2.74. The third-order valence-electron chi connectivity index (χ3n) is 3.11. The smallest absolute Gasteiger partial charge is 0.152 e. The molecule has 1 aliphatic rings. The summed E-state index contributed by atoms with van der Waals surface area (Å²) in [7, 11) is -0.933. The Bertz CT molecular complexity index is 530. The lowest BCUT2D eigenvalue weighted by Gasteiger charge is -2.26. The average molecular weight is 319 g/mol. The molecule has 0 radical (unpaired) electrons. The molecule has 0 amide bonds. The van der Waals surface area contributed by atoms with Gasteiger partial charge in [-0.1, -0.05) is 0 Å². The number of nitrogen functional groups attached to an aromatic ring is 1. The largest absolute Gasteiger partial charge is 0.399 e. The monoisotopic (exact) mass is 318 g/mol. The van der Waals surface area contributed by atoms with Crippen molar-refractivity contribution >= 4 is 37.1 Å². The van der Waals surface area contributed by atoms with Gasteiger partial charge in [-0.2, -0.15) is 0 Å². The van der Waals surface area contributed by atoms with E-state index in [1.165, 1.54) is 0 Å². The van der Waals surface area contributed by atoms with Crippen molar-refractivity contribution < 1.29 is 8.42 Å². The van der Waals surface area contributed by atoms with Crippen molar-refractivity contribution in [2.45, 2.75) is 12.5 Å². The summed E-state index contributed by atoms with van der Waals surface area (Å²) in [6.07, 6.45) is 0.690. The zero-order valence-corrected chi connectivity index (χ0v) is 12.0. The number of nitrogens with two attached hydrogens (primary N) is 1. The second-order valence-electron chi connectivity index (χ2n) is 4.38. The van der Waals surface area contributed by atoms with Crippen molar-refractivity contribution in [2.24, 2.45) is 0 Å².